The predicted molar refractivity (Wildman–Crippen MR) is 78.8 cm³/mol. The maximum atomic E-state index is 12.4. The van der Waals surface area contributed by atoms with Gasteiger partial charge in [0, 0.05) is 18.3 Å². The second-order valence-corrected chi connectivity index (χ2v) is 5.86. The summed E-state index contributed by atoms with van der Waals surface area (Å²) in [7, 11) is 1.38. The van der Waals surface area contributed by atoms with Crippen LogP contribution in [0, 0.1) is 5.41 Å². The number of rotatable bonds is 1. The van der Waals surface area contributed by atoms with Crippen molar-refractivity contribution in [3.8, 4) is 0 Å². The van der Waals surface area contributed by atoms with Crippen LogP contribution < -0.4 is 11.4 Å². The number of aliphatic hydroxyl groups is 1. The zero-order chi connectivity index (χ0) is 15.6. The molecule has 21 heavy (non-hydrogen) atoms. The van der Waals surface area contributed by atoms with Gasteiger partial charge in [0.25, 0.3) is 0 Å². The first kappa shape index (κ1) is 13.6. The summed E-state index contributed by atoms with van der Waals surface area (Å²) >= 11 is 0. The van der Waals surface area contributed by atoms with Crippen LogP contribution in [0.15, 0.2) is 46.5 Å². The highest BCUT2D eigenvalue weighted by Crippen LogP contribution is 2.50. The molecular formula is C15H17N3O3. The van der Waals surface area contributed by atoms with Crippen LogP contribution in [0.25, 0.3) is 5.70 Å². The molecule has 0 spiro atoms. The van der Waals surface area contributed by atoms with E-state index in [0.717, 1.165) is 13.9 Å². The van der Waals surface area contributed by atoms with Crippen LogP contribution in [0.2, 0.25) is 0 Å². The molecule has 1 unspecified atom stereocenters. The van der Waals surface area contributed by atoms with Gasteiger partial charge in [-0.15, -0.1) is 0 Å². The summed E-state index contributed by atoms with van der Waals surface area (Å²) in [5, 5.41) is 11.4. The Hall–Kier alpha value is -2.34. The van der Waals surface area contributed by atoms with Crippen molar-refractivity contribution >= 4 is 5.70 Å². The Balaban J connectivity index is 2.48. The standard InChI is InChI=1S/C15H17N3O3/c1-10-14(2,3)15(21,11-8-6-5-7-9-11)18-13(20)16(4)12(19)17(10)18/h5-9,21H,1H2,2-4H3. The minimum Gasteiger partial charge on any atom is -0.365 e. The first-order valence-electron chi connectivity index (χ1n) is 6.63. The molecule has 0 fully saturated rings. The van der Waals surface area contributed by atoms with E-state index in [2.05, 4.69) is 6.58 Å². The average Bonchev–Trinajstić information content (AvgIpc) is 2.79. The van der Waals surface area contributed by atoms with Crippen LogP contribution >= 0.6 is 0 Å². The second-order valence-electron chi connectivity index (χ2n) is 5.86. The zero-order valence-corrected chi connectivity index (χ0v) is 12.2. The molecule has 1 aromatic heterocycles. The van der Waals surface area contributed by atoms with Crippen LogP contribution in [0.5, 0.6) is 0 Å². The van der Waals surface area contributed by atoms with E-state index in [1.54, 1.807) is 38.1 Å². The van der Waals surface area contributed by atoms with Crippen molar-refractivity contribution in [3.05, 3.63) is 63.4 Å². The predicted octanol–water partition coefficient (Wildman–Crippen LogP) is 0.552. The lowest BCUT2D eigenvalue weighted by atomic mass is 9.76. The van der Waals surface area contributed by atoms with Crippen molar-refractivity contribution in [1.29, 1.82) is 0 Å². The molecule has 110 valence electrons. The van der Waals surface area contributed by atoms with Gasteiger partial charge in [0.1, 0.15) is 0 Å². The van der Waals surface area contributed by atoms with Crippen LogP contribution in [-0.2, 0) is 12.8 Å². The molecule has 1 atom stereocenters. The minimum absolute atomic E-state index is 0.386. The van der Waals surface area contributed by atoms with Gasteiger partial charge < -0.3 is 5.11 Å². The molecule has 1 aliphatic rings. The summed E-state index contributed by atoms with van der Waals surface area (Å²) in [6.45, 7) is 7.44. The molecular weight excluding hydrogens is 270 g/mol. The molecule has 0 saturated carbocycles. The number of hydrogen-bond donors (Lipinski definition) is 1. The summed E-state index contributed by atoms with van der Waals surface area (Å²) in [6.07, 6.45) is 0. The maximum absolute atomic E-state index is 12.4. The smallest absolute Gasteiger partial charge is 0.351 e. The van der Waals surface area contributed by atoms with E-state index in [-0.39, 0.29) is 0 Å². The fourth-order valence-electron chi connectivity index (χ4n) is 2.94. The average molecular weight is 287 g/mol. The van der Waals surface area contributed by atoms with Gasteiger partial charge in [-0.2, -0.15) is 9.36 Å². The van der Waals surface area contributed by atoms with Crippen LogP contribution in [-0.4, -0.2) is 19.0 Å². The third-order valence-electron chi connectivity index (χ3n) is 4.47. The summed E-state index contributed by atoms with van der Waals surface area (Å²) < 4.78 is 3.22. The zero-order valence-electron chi connectivity index (χ0n) is 12.2. The first-order chi connectivity index (χ1) is 9.74. The Morgan fingerprint density at radius 2 is 1.67 bits per heavy atom. The molecule has 0 amide bonds. The molecule has 0 saturated heterocycles. The molecule has 3 rings (SSSR count). The molecule has 1 aliphatic heterocycles. The van der Waals surface area contributed by atoms with Crippen LogP contribution in [0.3, 0.4) is 0 Å². The Labute approximate surface area is 121 Å². The van der Waals surface area contributed by atoms with E-state index in [9.17, 15) is 14.7 Å². The van der Waals surface area contributed by atoms with Crippen LogP contribution in [0.1, 0.15) is 19.4 Å². The SMILES string of the molecule is C=C1n2c(=O)n(C)c(=O)n2C(O)(c2ccccc2)C1(C)C. The van der Waals surface area contributed by atoms with Gasteiger partial charge in [-0.05, 0) is 13.8 Å². The fraction of sp³-hybridized carbons (Fsp3) is 0.333. The summed E-state index contributed by atoms with van der Waals surface area (Å²) in [6, 6.07) is 8.84. The van der Waals surface area contributed by atoms with E-state index in [1.807, 2.05) is 6.07 Å². The quantitative estimate of drug-likeness (QED) is 0.833. The molecule has 6 nitrogen and oxygen atoms in total. The van der Waals surface area contributed by atoms with E-state index in [1.165, 1.54) is 7.05 Å². The normalized spacial score (nSPS) is 23.3. The Kier molecular flexibility index (Phi) is 2.50. The summed E-state index contributed by atoms with van der Waals surface area (Å²) in [4.78, 5) is 24.6. The molecule has 0 radical (unpaired) electrons. The van der Waals surface area contributed by atoms with E-state index < -0.39 is 22.5 Å². The van der Waals surface area contributed by atoms with E-state index >= 15 is 0 Å². The lowest BCUT2D eigenvalue weighted by Crippen LogP contribution is -2.48. The van der Waals surface area contributed by atoms with Gasteiger partial charge in [0.2, 0.25) is 0 Å². The summed E-state index contributed by atoms with van der Waals surface area (Å²) in [5.41, 5.74) is -2.72. The number of aromatic nitrogens is 3. The highest BCUT2D eigenvalue weighted by atomic mass is 16.3. The molecule has 1 aromatic carbocycles. The molecule has 1 N–H and O–H groups in total. The number of nitrogens with zero attached hydrogens (tertiary/aromatic N) is 3. The van der Waals surface area contributed by atoms with E-state index in [4.69, 9.17) is 0 Å². The maximum Gasteiger partial charge on any atom is 0.351 e. The van der Waals surface area contributed by atoms with Gasteiger partial charge in [-0.3, -0.25) is 0 Å². The topological polar surface area (TPSA) is 69.2 Å². The third kappa shape index (κ3) is 1.35. The van der Waals surface area contributed by atoms with Gasteiger partial charge in [0.05, 0.1) is 5.41 Å². The van der Waals surface area contributed by atoms with Crippen molar-refractivity contribution in [1.82, 2.24) is 13.9 Å². The van der Waals surface area contributed by atoms with Crippen molar-refractivity contribution in [3.63, 3.8) is 0 Å². The highest BCUT2D eigenvalue weighted by Gasteiger charge is 2.57. The summed E-state index contributed by atoms with van der Waals surface area (Å²) in [5.74, 6) is 0. The Morgan fingerprint density at radius 3 is 2.24 bits per heavy atom. The molecule has 2 heterocycles. The van der Waals surface area contributed by atoms with Gasteiger partial charge in [-0.1, -0.05) is 36.9 Å². The van der Waals surface area contributed by atoms with Crippen molar-refractivity contribution in [2.24, 2.45) is 12.5 Å². The van der Waals surface area contributed by atoms with Gasteiger partial charge in [0.15, 0.2) is 5.72 Å². The highest BCUT2D eigenvalue weighted by molar-refractivity contribution is 5.55. The number of fused-ring (bicyclic) bond motifs is 1. The minimum atomic E-state index is -1.66. The molecule has 6 heteroatoms. The fourth-order valence-corrected chi connectivity index (χ4v) is 2.94. The van der Waals surface area contributed by atoms with Gasteiger partial charge >= 0.3 is 11.4 Å². The monoisotopic (exact) mass is 287 g/mol. The largest absolute Gasteiger partial charge is 0.365 e. The van der Waals surface area contributed by atoms with Crippen molar-refractivity contribution < 1.29 is 5.11 Å². The molecule has 0 aliphatic carbocycles. The van der Waals surface area contributed by atoms with Crippen molar-refractivity contribution in [2.75, 3.05) is 0 Å². The van der Waals surface area contributed by atoms with Crippen molar-refractivity contribution in [2.45, 2.75) is 19.6 Å². The molecule has 0 bridgehead atoms. The van der Waals surface area contributed by atoms with Gasteiger partial charge in [-0.25, -0.2) is 14.2 Å². The van der Waals surface area contributed by atoms with E-state index in [0.29, 0.717) is 11.3 Å². The lowest BCUT2D eigenvalue weighted by Gasteiger charge is -2.36. The lowest BCUT2D eigenvalue weighted by molar-refractivity contribution is -0.0664. The number of benzene rings is 1. The third-order valence-corrected chi connectivity index (χ3v) is 4.47. The second kappa shape index (κ2) is 3.85. The Morgan fingerprint density at radius 1 is 1.10 bits per heavy atom. The molecule has 2 aromatic rings. The first-order valence-corrected chi connectivity index (χ1v) is 6.63. The Bertz CT molecular complexity index is 855. The van der Waals surface area contributed by atoms with Crippen LogP contribution in [0.4, 0.5) is 0 Å². The number of hydrogen-bond acceptors (Lipinski definition) is 3.